The van der Waals surface area contributed by atoms with Crippen LogP contribution < -0.4 is 9.80 Å². The number of amides is 2. The molecule has 0 saturated carbocycles. The van der Waals surface area contributed by atoms with E-state index in [2.05, 4.69) is 29.2 Å². The van der Waals surface area contributed by atoms with E-state index in [1.807, 2.05) is 43.3 Å². The Bertz CT molecular complexity index is 920. The van der Waals surface area contributed by atoms with Crippen molar-refractivity contribution < 1.29 is 14.3 Å². The largest absolute Gasteiger partial charge is 0.378 e. The van der Waals surface area contributed by atoms with Gasteiger partial charge in [-0.2, -0.15) is 0 Å². The minimum Gasteiger partial charge on any atom is -0.378 e. The number of hydrogen-bond donors (Lipinski definition) is 0. The van der Waals surface area contributed by atoms with E-state index in [9.17, 15) is 9.59 Å². The predicted octanol–water partition coefficient (Wildman–Crippen LogP) is 3.70. The Hall–Kier alpha value is -2.86. The molecule has 2 aromatic rings. The molecule has 0 aliphatic carbocycles. The van der Waals surface area contributed by atoms with E-state index in [1.54, 1.807) is 4.90 Å². The Morgan fingerprint density at radius 2 is 1.94 bits per heavy atom. The third-order valence-electron chi connectivity index (χ3n) is 6.04. The van der Waals surface area contributed by atoms with Crippen LogP contribution in [0.25, 0.3) is 0 Å². The molecule has 6 nitrogen and oxygen atoms in total. The first kappa shape index (κ1) is 21.4. The summed E-state index contributed by atoms with van der Waals surface area (Å²) in [5.74, 6) is 0.0995. The summed E-state index contributed by atoms with van der Waals surface area (Å²) < 4.78 is 5.82. The summed E-state index contributed by atoms with van der Waals surface area (Å²) in [4.78, 5) is 31.4. The quantitative estimate of drug-likeness (QED) is 0.684. The monoisotopic (exact) mass is 421 g/mol. The third-order valence-corrected chi connectivity index (χ3v) is 6.04. The normalized spacial score (nSPS) is 18.5. The molecular weight excluding hydrogens is 390 g/mol. The lowest BCUT2D eigenvalue weighted by atomic mass is 10.1. The number of nitrogens with zero attached hydrogens (tertiary/aromatic N) is 3. The molecule has 0 spiro atoms. The molecule has 6 heteroatoms. The minimum atomic E-state index is -0.0271. The lowest BCUT2D eigenvalue weighted by Crippen LogP contribution is -2.37. The fraction of sp³-hybridized carbons (Fsp3) is 0.440. The molecule has 2 heterocycles. The van der Waals surface area contributed by atoms with E-state index < -0.39 is 0 Å². The molecule has 2 aromatic carbocycles. The molecule has 2 fully saturated rings. The average Bonchev–Trinajstić information content (AvgIpc) is 3.45. The third kappa shape index (κ3) is 5.07. The Labute approximate surface area is 184 Å². The number of anilines is 2. The van der Waals surface area contributed by atoms with Crippen LogP contribution in [0.1, 0.15) is 41.6 Å². The first-order valence-electron chi connectivity index (χ1n) is 11.1. The molecule has 0 aromatic heterocycles. The highest BCUT2D eigenvalue weighted by Gasteiger charge is 2.26. The average molecular weight is 422 g/mol. The van der Waals surface area contributed by atoms with E-state index in [0.717, 1.165) is 42.8 Å². The number of ether oxygens (including phenoxy) is 1. The highest BCUT2D eigenvalue weighted by Crippen LogP contribution is 2.24. The molecule has 2 aliphatic heterocycles. The highest BCUT2D eigenvalue weighted by molar-refractivity contribution is 5.99. The van der Waals surface area contributed by atoms with Gasteiger partial charge < -0.3 is 19.4 Å². The fourth-order valence-electron chi connectivity index (χ4n) is 4.28. The van der Waals surface area contributed by atoms with Gasteiger partial charge in [-0.25, -0.2) is 0 Å². The van der Waals surface area contributed by atoms with Crippen LogP contribution in [-0.2, 0) is 16.1 Å². The van der Waals surface area contributed by atoms with Gasteiger partial charge >= 0.3 is 0 Å². The summed E-state index contributed by atoms with van der Waals surface area (Å²) in [6, 6.07) is 15.8. The number of carbonyl (C=O) groups excluding carboxylic acids is 2. The van der Waals surface area contributed by atoms with Crippen molar-refractivity contribution in [3.05, 3.63) is 59.7 Å². The SMILES string of the molecule is CN(C)c1ccc(CN(CC2CCCO2)C(=O)c2cccc(N3CCCC3=O)c2)cc1. The Morgan fingerprint density at radius 3 is 2.58 bits per heavy atom. The molecule has 0 N–H and O–H groups in total. The van der Waals surface area contributed by atoms with Gasteiger partial charge in [0.05, 0.1) is 6.10 Å². The number of rotatable bonds is 7. The molecule has 31 heavy (non-hydrogen) atoms. The smallest absolute Gasteiger partial charge is 0.254 e. The molecule has 2 aliphatic rings. The van der Waals surface area contributed by atoms with Crippen LogP contribution in [0.4, 0.5) is 11.4 Å². The van der Waals surface area contributed by atoms with E-state index in [4.69, 9.17) is 4.74 Å². The summed E-state index contributed by atoms with van der Waals surface area (Å²) in [6.07, 6.45) is 3.54. The second kappa shape index (κ2) is 9.52. The van der Waals surface area contributed by atoms with Crippen LogP contribution in [0.15, 0.2) is 48.5 Å². The van der Waals surface area contributed by atoms with Crippen molar-refractivity contribution in [2.45, 2.75) is 38.3 Å². The Morgan fingerprint density at radius 1 is 1.13 bits per heavy atom. The van der Waals surface area contributed by atoms with E-state index in [-0.39, 0.29) is 17.9 Å². The van der Waals surface area contributed by atoms with Crippen molar-refractivity contribution in [3.8, 4) is 0 Å². The molecule has 164 valence electrons. The second-order valence-corrected chi connectivity index (χ2v) is 8.58. The zero-order valence-electron chi connectivity index (χ0n) is 18.4. The summed E-state index contributed by atoms with van der Waals surface area (Å²) in [5, 5.41) is 0. The minimum absolute atomic E-state index is 0.0271. The summed E-state index contributed by atoms with van der Waals surface area (Å²) >= 11 is 0. The van der Waals surface area contributed by atoms with Gasteiger partial charge in [0.15, 0.2) is 0 Å². The van der Waals surface area contributed by atoms with Crippen LogP contribution in [-0.4, -0.2) is 56.6 Å². The van der Waals surface area contributed by atoms with Gasteiger partial charge in [0, 0.05) is 63.7 Å². The lowest BCUT2D eigenvalue weighted by molar-refractivity contribution is -0.117. The van der Waals surface area contributed by atoms with E-state index in [0.29, 0.717) is 31.6 Å². The predicted molar refractivity (Wildman–Crippen MR) is 123 cm³/mol. The molecule has 1 atom stereocenters. The number of benzene rings is 2. The topological polar surface area (TPSA) is 53.1 Å². The summed E-state index contributed by atoms with van der Waals surface area (Å²) in [6.45, 7) is 2.57. The van der Waals surface area contributed by atoms with Crippen molar-refractivity contribution in [1.82, 2.24) is 4.90 Å². The maximum Gasteiger partial charge on any atom is 0.254 e. The summed E-state index contributed by atoms with van der Waals surface area (Å²) in [7, 11) is 4.03. The van der Waals surface area contributed by atoms with Crippen LogP contribution >= 0.6 is 0 Å². The first-order chi connectivity index (χ1) is 15.0. The van der Waals surface area contributed by atoms with Crippen molar-refractivity contribution >= 4 is 23.2 Å². The zero-order chi connectivity index (χ0) is 21.8. The Kier molecular flexibility index (Phi) is 6.56. The van der Waals surface area contributed by atoms with Gasteiger partial charge in [-0.05, 0) is 55.2 Å². The second-order valence-electron chi connectivity index (χ2n) is 8.58. The van der Waals surface area contributed by atoms with E-state index >= 15 is 0 Å². The molecule has 0 radical (unpaired) electrons. The Balaban J connectivity index is 1.55. The van der Waals surface area contributed by atoms with Gasteiger partial charge in [0.1, 0.15) is 0 Å². The van der Waals surface area contributed by atoms with Gasteiger partial charge in [0.25, 0.3) is 5.91 Å². The molecule has 1 unspecified atom stereocenters. The van der Waals surface area contributed by atoms with Crippen LogP contribution in [0.3, 0.4) is 0 Å². The standard InChI is InChI=1S/C25H31N3O3/c1-26(2)21-12-10-19(11-13-21)17-27(18-23-8-5-15-31-23)25(30)20-6-3-7-22(16-20)28-14-4-9-24(28)29/h3,6-7,10-13,16,23H,4-5,8-9,14-15,17-18H2,1-2H3. The summed E-state index contributed by atoms with van der Waals surface area (Å²) in [5.41, 5.74) is 3.63. The van der Waals surface area contributed by atoms with Gasteiger partial charge in [-0.15, -0.1) is 0 Å². The van der Waals surface area contributed by atoms with Crippen molar-refractivity contribution in [3.63, 3.8) is 0 Å². The molecule has 2 amide bonds. The maximum absolute atomic E-state index is 13.5. The van der Waals surface area contributed by atoms with Gasteiger partial charge in [-0.1, -0.05) is 18.2 Å². The first-order valence-corrected chi connectivity index (χ1v) is 11.1. The number of hydrogen-bond acceptors (Lipinski definition) is 4. The molecule has 2 saturated heterocycles. The van der Waals surface area contributed by atoms with Gasteiger partial charge in [0.2, 0.25) is 5.91 Å². The van der Waals surface area contributed by atoms with Gasteiger partial charge in [-0.3, -0.25) is 9.59 Å². The molecule has 0 bridgehead atoms. The molecule has 4 rings (SSSR count). The zero-order valence-corrected chi connectivity index (χ0v) is 18.4. The maximum atomic E-state index is 13.5. The van der Waals surface area contributed by atoms with Crippen molar-refractivity contribution in [2.24, 2.45) is 0 Å². The lowest BCUT2D eigenvalue weighted by Gasteiger charge is -2.26. The van der Waals surface area contributed by atoms with Crippen LogP contribution in [0, 0.1) is 0 Å². The van der Waals surface area contributed by atoms with Crippen molar-refractivity contribution in [2.75, 3.05) is 43.6 Å². The fourth-order valence-corrected chi connectivity index (χ4v) is 4.28. The highest BCUT2D eigenvalue weighted by atomic mass is 16.5. The van der Waals surface area contributed by atoms with Crippen LogP contribution in [0.5, 0.6) is 0 Å². The van der Waals surface area contributed by atoms with E-state index in [1.165, 1.54) is 0 Å². The number of carbonyl (C=O) groups is 2. The molecular formula is C25H31N3O3. The van der Waals surface area contributed by atoms with Crippen molar-refractivity contribution in [1.29, 1.82) is 0 Å². The van der Waals surface area contributed by atoms with Crippen LogP contribution in [0.2, 0.25) is 0 Å².